The van der Waals surface area contributed by atoms with Crippen LogP contribution in [0.1, 0.15) is 24.8 Å². The summed E-state index contributed by atoms with van der Waals surface area (Å²) in [5.41, 5.74) is 0.739. The molecule has 0 aliphatic carbocycles. The normalized spacial score (nSPS) is 23.0. The van der Waals surface area contributed by atoms with Crippen LogP contribution in [0.2, 0.25) is 0 Å². The van der Waals surface area contributed by atoms with E-state index in [1.54, 1.807) is 12.1 Å². The summed E-state index contributed by atoms with van der Waals surface area (Å²) in [5.74, 6) is 0.882. The lowest BCUT2D eigenvalue weighted by molar-refractivity contribution is -0.661. The fourth-order valence-electron chi connectivity index (χ4n) is 3.71. The summed E-state index contributed by atoms with van der Waals surface area (Å²) < 4.78 is 15.4. The average Bonchev–Trinajstić information content (AvgIpc) is 2.91. The predicted molar refractivity (Wildman–Crippen MR) is 88.1 cm³/mol. The lowest BCUT2D eigenvalue weighted by Crippen LogP contribution is -3.00. The van der Waals surface area contributed by atoms with E-state index in [1.807, 2.05) is 18.2 Å². The number of benzene rings is 2. The van der Waals surface area contributed by atoms with Crippen LogP contribution in [0, 0.1) is 5.82 Å². The molecule has 2 heterocycles. The largest absolute Gasteiger partial charge is 1.00 e. The minimum absolute atomic E-state index is 0. The molecule has 0 saturated heterocycles. The van der Waals surface area contributed by atoms with Crippen LogP contribution in [0.3, 0.4) is 0 Å². The average molecular weight is 391 g/mol. The van der Waals surface area contributed by atoms with Gasteiger partial charge in [0, 0.05) is 12.0 Å². The van der Waals surface area contributed by atoms with Crippen molar-refractivity contribution in [2.45, 2.75) is 25.0 Å². The van der Waals surface area contributed by atoms with Crippen molar-refractivity contribution >= 4 is 11.5 Å². The summed E-state index contributed by atoms with van der Waals surface area (Å²) in [6.45, 7) is 1.30. The molecule has 0 aromatic heterocycles. The Morgan fingerprint density at radius 3 is 2.42 bits per heavy atom. The summed E-state index contributed by atoms with van der Waals surface area (Å²) in [7, 11) is 0. The molecular formula is C19H20BrFN2O. The van der Waals surface area contributed by atoms with E-state index >= 15 is 0 Å². The van der Waals surface area contributed by atoms with E-state index in [-0.39, 0.29) is 22.8 Å². The zero-order valence-corrected chi connectivity index (χ0v) is 14.9. The van der Waals surface area contributed by atoms with Gasteiger partial charge in [0.25, 0.3) is 11.6 Å². The number of β-amino-alcohol motifs (C(OH)–C–C–N with tert-alkyl or cyclic N) is 1. The number of para-hydroxylation sites is 1. The number of amidine groups is 1. The fraction of sp³-hybridized carbons (Fsp3) is 0.316. The molecule has 0 radical (unpaired) electrons. The highest BCUT2D eigenvalue weighted by molar-refractivity contribution is 5.96. The number of hydrogen-bond acceptors (Lipinski definition) is 2. The fourth-order valence-corrected chi connectivity index (χ4v) is 3.71. The van der Waals surface area contributed by atoms with Crippen molar-refractivity contribution in [2.24, 2.45) is 0 Å². The van der Waals surface area contributed by atoms with Gasteiger partial charge in [-0.1, -0.05) is 18.2 Å². The van der Waals surface area contributed by atoms with Gasteiger partial charge in [-0.15, -0.1) is 0 Å². The smallest absolute Gasteiger partial charge is 0.271 e. The Kier molecular flexibility index (Phi) is 4.74. The molecule has 2 aromatic carbocycles. The maximum atomic E-state index is 13.3. The molecule has 0 spiro atoms. The first-order chi connectivity index (χ1) is 11.2. The third-order valence-corrected chi connectivity index (χ3v) is 4.85. The van der Waals surface area contributed by atoms with Gasteiger partial charge in [-0.25, -0.2) is 13.9 Å². The molecule has 1 N–H and O–H groups in total. The number of rotatable bonds is 2. The Labute approximate surface area is 151 Å². The Morgan fingerprint density at radius 1 is 1.00 bits per heavy atom. The van der Waals surface area contributed by atoms with E-state index in [0.29, 0.717) is 6.54 Å². The highest BCUT2D eigenvalue weighted by atomic mass is 79.9. The van der Waals surface area contributed by atoms with Gasteiger partial charge in [-0.3, -0.25) is 0 Å². The summed E-state index contributed by atoms with van der Waals surface area (Å²) in [4.78, 5) is 2.20. The van der Waals surface area contributed by atoms with Gasteiger partial charge in [0.05, 0.1) is 6.54 Å². The quantitative estimate of drug-likeness (QED) is 0.735. The number of anilines is 1. The monoisotopic (exact) mass is 390 g/mol. The van der Waals surface area contributed by atoms with E-state index in [9.17, 15) is 9.50 Å². The lowest BCUT2D eigenvalue weighted by atomic mass is 10.0. The second-order valence-corrected chi connectivity index (χ2v) is 6.27. The van der Waals surface area contributed by atoms with Crippen LogP contribution >= 0.6 is 0 Å². The van der Waals surface area contributed by atoms with E-state index in [4.69, 9.17) is 0 Å². The van der Waals surface area contributed by atoms with Gasteiger partial charge in [0.1, 0.15) is 11.5 Å². The summed E-state index contributed by atoms with van der Waals surface area (Å²) in [6, 6.07) is 16.4. The van der Waals surface area contributed by atoms with Crippen LogP contribution in [0.25, 0.3) is 0 Å². The molecule has 0 fully saturated rings. The number of nitrogens with zero attached hydrogens (tertiary/aromatic N) is 2. The zero-order valence-electron chi connectivity index (χ0n) is 13.3. The van der Waals surface area contributed by atoms with Gasteiger partial charge in [0.15, 0.2) is 6.54 Å². The maximum absolute atomic E-state index is 13.3. The van der Waals surface area contributed by atoms with Crippen molar-refractivity contribution < 1.29 is 31.1 Å². The van der Waals surface area contributed by atoms with Gasteiger partial charge in [0.2, 0.25) is 0 Å². The molecule has 4 rings (SSSR count). The molecule has 0 bridgehead atoms. The third kappa shape index (κ3) is 2.76. The molecule has 0 amide bonds. The van der Waals surface area contributed by atoms with E-state index in [1.165, 1.54) is 12.1 Å². The number of halogens is 2. The van der Waals surface area contributed by atoms with Crippen molar-refractivity contribution in [3.05, 3.63) is 66.0 Å². The molecule has 2 aromatic rings. The maximum Gasteiger partial charge on any atom is 0.271 e. The summed E-state index contributed by atoms with van der Waals surface area (Å²) in [6.07, 6.45) is 3.16. The van der Waals surface area contributed by atoms with Crippen molar-refractivity contribution in [2.75, 3.05) is 18.0 Å². The Balaban J connectivity index is 0.00000169. The SMILES string of the molecule is OC1(c2ccc(F)cc2)CN(c2ccccc2)C2=[N+]1CCCC2.[Br-]. The van der Waals surface area contributed by atoms with Crippen LogP contribution in [0.5, 0.6) is 0 Å². The molecule has 2 aliphatic rings. The third-order valence-electron chi connectivity index (χ3n) is 4.85. The second kappa shape index (κ2) is 6.65. The van der Waals surface area contributed by atoms with Crippen LogP contribution in [-0.4, -0.2) is 28.6 Å². The first-order valence-corrected chi connectivity index (χ1v) is 8.13. The van der Waals surface area contributed by atoms with E-state index in [0.717, 1.165) is 42.9 Å². The van der Waals surface area contributed by atoms with Gasteiger partial charge < -0.3 is 22.1 Å². The molecule has 1 atom stereocenters. The van der Waals surface area contributed by atoms with Gasteiger partial charge in [-0.05, 0) is 49.2 Å². The summed E-state index contributed by atoms with van der Waals surface area (Å²) in [5, 5.41) is 11.4. The molecule has 126 valence electrons. The molecule has 5 heteroatoms. The summed E-state index contributed by atoms with van der Waals surface area (Å²) >= 11 is 0. The lowest BCUT2D eigenvalue weighted by Gasteiger charge is -2.24. The Hall–Kier alpha value is -1.72. The standard InChI is InChI=1S/C19H20FN2O.BrH/c20-16-11-9-15(10-12-16)19(23)14-21(17-6-2-1-3-7-17)18-8-4-5-13-22(18)19;/h1-3,6-7,9-12,23H,4-5,8,13-14H2;1H/q+1;/p-1. The van der Waals surface area contributed by atoms with E-state index in [2.05, 4.69) is 21.6 Å². The molecule has 0 saturated carbocycles. The van der Waals surface area contributed by atoms with Crippen molar-refractivity contribution in [1.82, 2.24) is 0 Å². The van der Waals surface area contributed by atoms with Gasteiger partial charge in [-0.2, -0.15) is 0 Å². The van der Waals surface area contributed by atoms with Crippen molar-refractivity contribution in [1.29, 1.82) is 0 Å². The van der Waals surface area contributed by atoms with Crippen molar-refractivity contribution in [3.63, 3.8) is 0 Å². The van der Waals surface area contributed by atoms with Crippen LogP contribution in [-0.2, 0) is 5.72 Å². The topological polar surface area (TPSA) is 26.5 Å². The van der Waals surface area contributed by atoms with Gasteiger partial charge >= 0.3 is 0 Å². The minimum Gasteiger partial charge on any atom is -1.00 e. The van der Waals surface area contributed by atoms with Crippen LogP contribution in [0.15, 0.2) is 54.6 Å². The number of hydrogen-bond donors (Lipinski definition) is 1. The van der Waals surface area contributed by atoms with Crippen molar-refractivity contribution in [3.8, 4) is 0 Å². The zero-order chi connectivity index (χ0) is 15.9. The van der Waals surface area contributed by atoms with Crippen LogP contribution in [0.4, 0.5) is 10.1 Å². The van der Waals surface area contributed by atoms with E-state index < -0.39 is 5.72 Å². The predicted octanol–water partition coefficient (Wildman–Crippen LogP) is 0.0899. The highest BCUT2D eigenvalue weighted by Crippen LogP contribution is 2.35. The first kappa shape index (κ1) is 17.1. The molecule has 1 unspecified atom stereocenters. The molecular weight excluding hydrogens is 371 g/mol. The molecule has 2 aliphatic heterocycles. The second-order valence-electron chi connectivity index (χ2n) is 6.27. The minimum atomic E-state index is -1.10. The molecule has 3 nitrogen and oxygen atoms in total. The highest BCUT2D eigenvalue weighted by Gasteiger charge is 2.52. The number of aliphatic hydroxyl groups is 1. The first-order valence-electron chi connectivity index (χ1n) is 8.13. The Morgan fingerprint density at radius 2 is 1.71 bits per heavy atom. The van der Waals surface area contributed by atoms with Crippen LogP contribution < -0.4 is 21.9 Å². The molecule has 24 heavy (non-hydrogen) atoms. The Bertz CT molecular complexity index is 748.